The average Bonchev–Trinajstić information content (AvgIpc) is 3.28. The molecule has 3 rings (SSSR count). The predicted octanol–water partition coefficient (Wildman–Crippen LogP) is 4.07. The number of nitrogens with one attached hydrogen (secondary N) is 2. The maximum absolute atomic E-state index is 12.9. The van der Waals surface area contributed by atoms with Gasteiger partial charge in [0, 0.05) is 29.9 Å². The summed E-state index contributed by atoms with van der Waals surface area (Å²) in [5.41, 5.74) is 0.913. The van der Waals surface area contributed by atoms with Gasteiger partial charge in [-0.2, -0.15) is 0 Å². The lowest BCUT2D eigenvalue weighted by atomic mass is 10.0. The van der Waals surface area contributed by atoms with Crippen LogP contribution in [0.25, 0.3) is 0 Å². The zero-order chi connectivity index (χ0) is 26.2. The van der Waals surface area contributed by atoms with Crippen LogP contribution in [0.5, 0.6) is 5.75 Å². The minimum atomic E-state index is -0.500. The second-order valence-electron chi connectivity index (χ2n) is 8.15. The molecule has 0 aliphatic rings. The number of non-ortho nitro benzene ring substituents is 1. The summed E-state index contributed by atoms with van der Waals surface area (Å²) in [5, 5.41) is 25.7. The van der Waals surface area contributed by atoms with E-state index in [1.807, 2.05) is 25.3 Å². The lowest BCUT2D eigenvalue weighted by molar-refractivity contribution is -0.384. The number of aromatic nitrogens is 3. The van der Waals surface area contributed by atoms with Crippen LogP contribution in [0.2, 0.25) is 0 Å². The number of nitro benzene ring substituents is 1. The quantitative estimate of drug-likeness (QED) is 0.222. The van der Waals surface area contributed by atoms with Gasteiger partial charge in [0.25, 0.3) is 11.6 Å². The van der Waals surface area contributed by atoms with Crippen LogP contribution in [0.1, 0.15) is 43.0 Å². The Balaban J connectivity index is 1.68. The summed E-state index contributed by atoms with van der Waals surface area (Å²) in [4.78, 5) is 35.6. The lowest BCUT2D eigenvalue weighted by Gasteiger charge is -2.22. The Hall–Kier alpha value is -3.93. The molecular weight excluding hydrogens is 484 g/mol. The largest absolute Gasteiger partial charge is 0.497 e. The minimum absolute atomic E-state index is 0.0324. The van der Waals surface area contributed by atoms with Crippen LogP contribution in [0.3, 0.4) is 0 Å². The van der Waals surface area contributed by atoms with Gasteiger partial charge in [-0.05, 0) is 49.2 Å². The highest BCUT2D eigenvalue weighted by Gasteiger charge is 2.26. The van der Waals surface area contributed by atoms with Crippen molar-refractivity contribution < 1.29 is 19.2 Å². The predicted molar refractivity (Wildman–Crippen MR) is 136 cm³/mol. The first kappa shape index (κ1) is 26.7. The van der Waals surface area contributed by atoms with E-state index in [0.29, 0.717) is 34.5 Å². The van der Waals surface area contributed by atoms with Gasteiger partial charge in [-0.3, -0.25) is 19.7 Å². The molecule has 0 bridgehead atoms. The first-order valence-electron chi connectivity index (χ1n) is 11.3. The summed E-state index contributed by atoms with van der Waals surface area (Å²) in [7, 11) is 1.57. The van der Waals surface area contributed by atoms with Gasteiger partial charge in [-0.25, -0.2) is 0 Å². The number of benzene rings is 2. The number of carbonyl (C=O) groups excluding carboxylic acids is 2. The standard InChI is InChI=1S/C24H28N6O5S/c1-5-29-22(21(15(2)3)26-23(32)16-6-12-19(35-4)13-7-16)27-28-24(29)36-14-20(31)25-17-8-10-18(11-9-17)30(33)34/h6-13,15,21H,5,14H2,1-4H3,(H,25,31)(H,26,32)/t21-/m1/s1. The molecular formula is C24H28N6O5S. The molecule has 2 amide bonds. The molecule has 0 unspecified atom stereocenters. The van der Waals surface area contributed by atoms with Crippen LogP contribution in [0, 0.1) is 16.0 Å². The van der Waals surface area contributed by atoms with Crippen LogP contribution in [-0.2, 0) is 11.3 Å². The van der Waals surface area contributed by atoms with E-state index in [-0.39, 0.29) is 29.2 Å². The molecule has 2 N–H and O–H groups in total. The molecule has 3 aromatic rings. The van der Waals surface area contributed by atoms with Crippen molar-refractivity contribution >= 4 is 35.0 Å². The van der Waals surface area contributed by atoms with E-state index in [9.17, 15) is 19.7 Å². The van der Waals surface area contributed by atoms with E-state index >= 15 is 0 Å². The van der Waals surface area contributed by atoms with Crippen molar-refractivity contribution in [1.82, 2.24) is 20.1 Å². The van der Waals surface area contributed by atoms with Crippen molar-refractivity contribution in [2.75, 3.05) is 18.2 Å². The number of nitrogens with zero attached hydrogens (tertiary/aromatic N) is 4. The first-order chi connectivity index (χ1) is 17.2. The van der Waals surface area contributed by atoms with Crippen LogP contribution in [-0.4, -0.2) is 44.4 Å². The van der Waals surface area contributed by atoms with Crippen LogP contribution >= 0.6 is 11.8 Å². The monoisotopic (exact) mass is 512 g/mol. The number of hydrogen-bond acceptors (Lipinski definition) is 8. The van der Waals surface area contributed by atoms with E-state index in [2.05, 4.69) is 20.8 Å². The molecule has 190 valence electrons. The highest BCUT2D eigenvalue weighted by atomic mass is 32.2. The molecule has 12 heteroatoms. The third kappa shape index (κ3) is 6.60. The van der Waals surface area contributed by atoms with Gasteiger partial charge in [0.05, 0.1) is 23.8 Å². The molecule has 0 spiro atoms. The zero-order valence-corrected chi connectivity index (χ0v) is 21.2. The zero-order valence-electron chi connectivity index (χ0n) is 20.4. The molecule has 11 nitrogen and oxygen atoms in total. The molecule has 1 heterocycles. The maximum atomic E-state index is 12.9. The summed E-state index contributed by atoms with van der Waals surface area (Å²) in [6, 6.07) is 12.1. The van der Waals surface area contributed by atoms with Crippen molar-refractivity contribution in [2.24, 2.45) is 5.92 Å². The maximum Gasteiger partial charge on any atom is 0.269 e. The normalized spacial score (nSPS) is 11.7. The molecule has 36 heavy (non-hydrogen) atoms. The summed E-state index contributed by atoms with van der Waals surface area (Å²) in [6.07, 6.45) is 0. The SMILES string of the molecule is CCn1c(SCC(=O)Nc2ccc([N+](=O)[O-])cc2)nnc1[C@H](NC(=O)c1ccc(OC)cc1)C(C)C. The summed E-state index contributed by atoms with van der Waals surface area (Å²) in [5.74, 6) is 0.849. The third-order valence-corrected chi connectivity index (χ3v) is 6.31. The number of hydrogen-bond donors (Lipinski definition) is 2. The van der Waals surface area contributed by atoms with Crippen molar-refractivity contribution in [3.05, 3.63) is 70.0 Å². The lowest BCUT2D eigenvalue weighted by Crippen LogP contribution is -2.33. The van der Waals surface area contributed by atoms with Gasteiger partial charge in [-0.15, -0.1) is 10.2 Å². The summed E-state index contributed by atoms with van der Waals surface area (Å²) >= 11 is 1.22. The van der Waals surface area contributed by atoms with Gasteiger partial charge in [-0.1, -0.05) is 25.6 Å². The van der Waals surface area contributed by atoms with Crippen LogP contribution in [0.4, 0.5) is 11.4 Å². The topological polar surface area (TPSA) is 141 Å². The Morgan fingerprint density at radius 1 is 1.11 bits per heavy atom. The van der Waals surface area contributed by atoms with E-state index in [1.54, 1.807) is 31.4 Å². The smallest absolute Gasteiger partial charge is 0.269 e. The molecule has 1 atom stereocenters. The van der Waals surface area contributed by atoms with Crippen LogP contribution in [0.15, 0.2) is 53.7 Å². The molecule has 1 aromatic heterocycles. The van der Waals surface area contributed by atoms with Crippen LogP contribution < -0.4 is 15.4 Å². The molecule has 0 fully saturated rings. The van der Waals surface area contributed by atoms with Crippen molar-refractivity contribution in [3.63, 3.8) is 0 Å². The van der Waals surface area contributed by atoms with Gasteiger partial charge in [0.15, 0.2) is 11.0 Å². The summed E-state index contributed by atoms with van der Waals surface area (Å²) < 4.78 is 7.03. The summed E-state index contributed by atoms with van der Waals surface area (Å²) in [6.45, 7) is 6.46. The Morgan fingerprint density at radius 3 is 2.33 bits per heavy atom. The number of nitro groups is 1. The molecule has 0 aliphatic heterocycles. The fourth-order valence-corrected chi connectivity index (χ4v) is 4.23. The van der Waals surface area contributed by atoms with Crippen molar-refractivity contribution in [2.45, 2.75) is 38.5 Å². The molecule has 2 aromatic carbocycles. The second-order valence-corrected chi connectivity index (χ2v) is 9.09. The number of anilines is 1. The fraction of sp³-hybridized carbons (Fsp3) is 0.333. The van der Waals surface area contributed by atoms with Gasteiger partial charge < -0.3 is 19.9 Å². The molecule has 0 radical (unpaired) electrons. The fourth-order valence-electron chi connectivity index (χ4n) is 3.42. The van der Waals surface area contributed by atoms with Gasteiger partial charge in [0.1, 0.15) is 5.75 Å². The molecule has 0 saturated heterocycles. The van der Waals surface area contributed by atoms with E-state index in [4.69, 9.17) is 4.74 Å². The van der Waals surface area contributed by atoms with Crippen molar-refractivity contribution in [1.29, 1.82) is 0 Å². The Bertz CT molecular complexity index is 1210. The number of carbonyl (C=O) groups is 2. The molecule has 0 saturated carbocycles. The van der Waals surface area contributed by atoms with E-state index < -0.39 is 11.0 Å². The van der Waals surface area contributed by atoms with E-state index in [1.165, 1.54) is 36.0 Å². The highest BCUT2D eigenvalue weighted by molar-refractivity contribution is 7.99. The minimum Gasteiger partial charge on any atom is -0.497 e. The number of rotatable bonds is 11. The third-order valence-electron chi connectivity index (χ3n) is 5.34. The molecule has 0 aliphatic carbocycles. The number of thioether (sulfide) groups is 1. The van der Waals surface area contributed by atoms with Gasteiger partial charge >= 0.3 is 0 Å². The average molecular weight is 513 g/mol. The first-order valence-corrected chi connectivity index (χ1v) is 12.3. The number of amides is 2. The highest BCUT2D eigenvalue weighted by Crippen LogP contribution is 2.26. The number of ether oxygens (including phenoxy) is 1. The Kier molecular flexibility index (Phi) is 9.01. The Labute approximate surface area is 212 Å². The number of methoxy groups -OCH3 is 1. The second kappa shape index (κ2) is 12.2. The van der Waals surface area contributed by atoms with E-state index in [0.717, 1.165) is 0 Å². The Morgan fingerprint density at radius 2 is 1.78 bits per heavy atom. The van der Waals surface area contributed by atoms with Crippen molar-refractivity contribution in [3.8, 4) is 5.75 Å². The van der Waals surface area contributed by atoms with Gasteiger partial charge in [0.2, 0.25) is 5.91 Å².